The largest absolute Gasteiger partial charge is 0.314 e. The Labute approximate surface area is 120 Å². The van der Waals surface area contributed by atoms with Gasteiger partial charge in [-0.05, 0) is 74.2 Å². The van der Waals surface area contributed by atoms with E-state index in [9.17, 15) is 0 Å². The van der Waals surface area contributed by atoms with Crippen molar-refractivity contribution in [2.24, 2.45) is 29.1 Å². The highest BCUT2D eigenvalue weighted by molar-refractivity contribution is 4.89. The Kier molecular flexibility index (Phi) is 4.98. The van der Waals surface area contributed by atoms with Gasteiger partial charge in [0.2, 0.25) is 0 Å². The lowest BCUT2D eigenvalue weighted by atomic mass is 9.64. The molecule has 1 heteroatoms. The quantitative estimate of drug-likeness (QED) is 0.748. The summed E-state index contributed by atoms with van der Waals surface area (Å²) < 4.78 is 0. The molecule has 2 aliphatic rings. The van der Waals surface area contributed by atoms with Crippen molar-refractivity contribution < 1.29 is 0 Å². The average molecular weight is 265 g/mol. The average Bonchev–Trinajstić information content (AvgIpc) is 3.09. The van der Waals surface area contributed by atoms with Crippen LogP contribution in [0.25, 0.3) is 0 Å². The number of hydrogen-bond donors (Lipinski definition) is 1. The molecule has 0 radical (unpaired) electrons. The molecule has 0 aromatic heterocycles. The molecule has 0 heterocycles. The van der Waals surface area contributed by atoms with Crippen LogP contribution in [-0.4, -0.2) is 12.6 Å². The number of rotatable bonds is 5. The second-order valence-electron chi connectivity index (χ2n) is 8.71. The fourth-order valence-electron chi connectivity index (χ4n) is 3.88. The third kappa shape index (κ3) is 4.77. The number of hydrogen-bond acceptors (Lipinski definition) is 1. The van der Waals surface area contributed by atoms with Crippen LogP contribution in [0, 0.1) is 29.1 Å². The molecule has 0 aromatic carbocycles. The Bertz CT molecular complexity index is 272. The smallest absolute Gasteiger partial charge is 0.00683 e. The molecule has 2 rings (SSSR count). The summed E-state index contributed by atoms with van der Waals surface area (Å²) in [5, 5.41) is 3.78. The van der Waals surface area contributed by atoms with E-state index >= 15 is 0 Å². The van der Waals surface area contributed by atoms with Crippen LogP contribution in [0.3, 0.4) is 0 Å². The molecule has 0 saturated heterocycles. The zero-order chi connectivity index (χ0) is 14.0. The van der Waals surface area contributed by atoms with Gasteiger partial charge in [-0.2, -0.15) is 0 Å². The SMILES string of the molecule is CC(C)CC1CC(C(C)(C)C)CCC1CNC1CC1. The van der Waals surface area contributed by atoms with Crippen molar-refractivity contribution in [1.29, 1.82) is 0 Å². The fraction of sp³-hybridized carbons (Fsp3) is 1.00. The van der Waals surface area contributed by atoms with Crippen molar-refractivity contribution in [3.63, 3.8) is 0 Å². The second kappa shape index (κ2) is 6.16. The minimum Gasteiger partial charge on any atom is -0.314 e. The van der Waals surface area contributed by atoms with Crippen LogP contribution in [0.4, 0.5) is 0 Å². The van der Waals surface area contributed by atoms with Crippen molar-refractivity contribution >= 4 is 0 Å². The monoisotopic (exact) mass is 265 g/mol. The molecule has 0 aromatic rings. The molecule has 1 N–H and O–H groups in total. The lowest BCUT2D eigenvalue weighted by Crippen LogP contribution is -2.37. The third-order valence-electron chi connectivity index (χ3n) is 5.38. The van der Waals surface area contributed by atoms with Crippen LogP contribution < -0.4 is 5.32 Å². The van der Waals surface area contributed by atoms with E-state index in [1.807, 2.05) is 0 Å². The molecular formula is C18H35N. The fourth-order valence-corrected chi connectivity index (χ4v) is 3.88. The van der Waals surface area contributed by atoms with E-state index in [2.05, 4.69) is 39.9 Å². The summed E-state index contributed by atoms with van der Waals surface area (Å²) in [6.07, 6.45) is 8.66. The molecule has 0 spiro atoms. The second-order valence-corrected chi connectivity index (χ2v) is 8.71. The normalized spacial score (nSPS) is 32.8. The van der Waals surface area contributed by atoms with Crippen LogP contribution in [-0.2, 0) is 0 Å². The molecule has 0 amide bonds. The zero-order valence-electron chi connectivity index (χ0n) is 13.8. The summed E-state index contributed by atoms with van der Waals surface area (Å²) in [5.41, 5.74) is 0.504. The number of nitrogens with one attached hydrogen (secondary N) is 1. The van der Waals surface area contributed by atoms with Crippen molar-refractivity contribution in [3.05, 3.63) is 0 Å². The molecule has 2 fully saturated rings. The first-order valence-corrected chi connectivity index (χ1v) is 8.59. The Morgan fingerprint density at radius 1 is 1.00 bits per heavy atom. The van der Waals surface area contributed by atoms with Gasteiger partial charge in [0.1, 0.15) is 0 Å². The van der Waals surface area contributed by atoms with Crippen molar-refractivity contribution in [2.75, 3.05) is 6.54 Å². The third-order valence-corrected chi connectivity index (χ3v) is 5.38. The summed E-state index contributed by atoms with van der Waals surface area (Å²) >= 11 is 0. The van der Waals surface area contributed by atoms with Gasteiger partial charge < -0.3 is 5.32 Å². The van der Waals surface area contributed by atoms with Gasteiger partial charge in [-0.25, -0.2) is 0 Å². The van der Waals surface area contributed by atoms with Gasteiger partial charge in [0.25, 0.3) is 0 Å². The Morgan fingerprint density at radius 2 is 1.68 bits per heavy atom. The molecule has 2 aliphatic carbocycles. The van der Waals surface area contributed by atoms with E-state index in [1.54, 1.807) is 0 Å². The van der Waals surface area contributed by atoms with Crippen molar-refractivity contribution in [2.45, 2.75) is 79.2 Å². The van der Waals surface area contributed by atoms with Crippen LogP contribution in [0.2, 0.25) is 0 Å². The van der Waals surface area contributed by atoms with Crippen molar-refractivity contribution in [1.82, 2.24) is 5.32 Å². The van der Waals surface area contributed by atoms with Crippen LogP contribution >= 0.6 is 0 Å². The van der Waals surface area contributed by atoms with Crippen molar-refractivity contribution in [3.8, 4) is 0 Å². The Hall–Kier alpha value is -0.0400. The highest BCUT2D eigenvalue weighted by Gasteiger charge is 2.36. The van der Waals surface area contributed by atoms with Gasteiger partial charge in [0.05, 0.1) is 0 Å². The topological polar surface area (TPSA) is 12.0 Å². The molecule has 112 valence electrons. The molecule has 3 unspecified atom stereocenters. The van der Waals surface area contributed by atoms with E-state index < -0.39 is 0 Å². The summed E-state index contributed by atoms with van der Waals surface area (Å²) in [6, 6.07) is 0.875. The molecular weight excluding hydrogens is 230 g/mol. The molecule has 19 heavy (non-hydrogen) atoms. The first-order valence-electron chi connectivity index (χ1n) is 8.59. The predicted octanol–water partition coefficient (Wildman–Crippen LogP) is 4.86. The lowest BCUT2D eigenvalue weighted by Gasteiger charge is -2.42. The van der Waals surface area contributed by atoms with Crippen LogP contribution in [0.5, 0.6) is 0 Å². The molecule has 3 atom stereocenters. The molecule has 0 aliphatic heterocycles. The van der Waals surface area contributed by atoms with Crippen LogP contribution in [0.15, 0.2) is 0 Å². The highest BCUT2D eigenvalue weighted by Crippen LogP contribution is 2.44. The Balaban J connectivity index is 1.90. The zero-order valence-corrected chi connectivity index (χ0v) is 13.8. The summed E-state index contributed by atoms with van der Waals surface area (Å²) in [4.78, 5) is 0. The minimum absolute atomic E-state index is 0.504. The maximum atomic E-state index is 3.78. The minimum atomic E-state index is 0.504. The highest BCUT2D eigenvalue weighted by atomic mass is 14.9. The summed E-state index contributed by atoms with van der Waals surface area (Å²) in [6.45, 7) is 13.4. The maximum absolute atomic E-state index is 3.78. The van der Waals surface area contributed by atoms with Gasteiger partial charge >= 0.3 is 0 Å². The van der Waals surface area contributed by atoms with E-state index in [4.69, 9.17) is 0 Å². The first kappa shape index (κ1) is 15.4. The van der Waals surface area contributed by atoms with E-state index in [0.717, 1.165) is 29.7 Å². The predicted molar refractivity (Wildman–Crippen MR) is 84.3 cm³/mol. The van der Waals surface area contributed by atoms with Gasteiger partial charge in [-0.15, -0.1) is 0 Å². The molecule has 0 bridgehead atoms. The first-order chi connectivity index (χ1) is 8.86. The van der Waals surface area contributed by atoms with Gasteiger partial charge in [-0.1, -0.05) is 34.6 Å². The van der Waals surface area contributed by atoms with E-state index in [1.165, 1.54) is 45.1 Å². The maximum Gasteiger partial charge on any atom is 0.00683 e. The van der Waals surface area contributed by atoms with E-state index in [-0.39, 0.29) is 0 Å². The summed E-state index contributed by atoms with van der Waals surface area (Å²) in [5.74, 6) is 3.70. The molecule has 2 saturated carbocycles. The molecule has 1 nitrogen and oxygen atoms in total. The van der Waals surface area contributed by atoms with E-state index in [0.29, 0.717) is 5.41 Å². The lowest BCUT2D eigenvalue weighted by molar-refractivity contribution is 0.0855. The van der Waals surface area contributed by atoms with Crippen LogP contribution in [0.1, 0.15) is 73.1 Å². The van der Waals surface area contributed by atoms with Gasteiger partial charge in [0.15, 0.2) is 0 Å². The van der Waals surface area contributed by atoms with Gasteiger partial charge in [-0.3, -0.25) is 0 Å². The summed E-state index contributed by atoms with van der Waals surface area (Å²) in [7, 11) is 0. The Morgan fingerprint density at radius 3 is 2.21 bits per heavy atom. The standard InChI is InChI=1S/C18H35N/c1-13(2)10-15-11-16(18(3,4)5)7-6-14(15)12-19-17-8-9-17/h13-17,19H,6-12H2,1-5H3. The van der Waals surface area contributed by atoms with Gasteiger partial charge in [0, 0.05) is 6.04 Å².